The molecule has 0 unspecified atom stereocenters. The third kappa shape index (κ3) is 5.16. The van der Waals surface area contributed by atoms with Crippen LogP contribution in [0.4, 0.5) is 13.9 Å². The molecule has 2 aromatic heterocycles. The molecule has 1 amide bonds. The third-order valence-corrected chi connectivity index (χ3v) is 5.78. The summed E-state index contributed by atoms with van der Waals surface area (Å²) in [6.45, 7) is 3.35. The summed E-state index contributed by atoms with van der Waals surface area (Å²) >= 11 is 2.14. The van der Waals surface area contributed by atoms with Crippen molar-refractivity contribution < 1.29 is 23.1 Å². The normalized spacial score (nSPS) is 11.9. The van der Waals surface area contributed by atoms with Crippen molar-refractivity contribution in [2.45, 2.75) is 32.9 Å². The Morgan fingerprint density at radius 1 is 1.23 bits per heavy atom. The summed E-state index contributed by atoms with van der Waals surface area (Å²) in [5.41, 5.74) is 1.49. The van der Waals surface area contributed by atoms with E-state index < -0.39 is 29.6 Å². The molecule has 0 saturated heterocycles. The number of anilines is 1. The van der Waals surface area contributed by atoms with Crippen LogP contribution in [0.15, 0.2) is 33.8 Å². The third-order valence-electron chi connectivity index (χ3n) is 4.14. The Labute approximate surface area is 178 Å². The second-order valence-corrected chi connectivity index (χ2v) is 8.01. The number of hydrogen-bond acceptors (Lipinski definition) is 7. The van der Waals surface area contributed by atoms with Crippen LogP contribution in [0.1, 0.15) is 19.0 Å². The molecular formula is C19H17F2N3O4S2. The van der Waals surface area contributed by atoms with Crippen LogP contribution in [0.3, 0.4) is 0 Å². The number of nitrogens with one attached hydrogen (secondary N) is 1. The molecule has 30 heavy (non-hydrogen) atoms. The van der Waals surface area contributed by atoms with Crippen LogP contribution in [0.2, 0.25) is 0 Å². The van der Waals surface area contributed by atoms with E-state index in [-0.39, 0.29) is 23.0 Å². The molecule has 2 heterocycles. The fraction of sp³-hybridized carbons (Fsp3) is 0.263. The zero-order valence-electron chi connectivity index (χ0n) is 16.0. The number of esters is 1. The van der Waals surface area contributed by atoms with Gasteiger partial charge in [0.25, 0.3) is 5.91 Å². The van der Waals surface area contributed by atoms with Crippen LogP contribution in [0.25, 0.3) is 11.3 Å². The van der Waals surface area contributed by atoms with E-state index >= 15 is 0 Å². The molecule has 1 atom stereocenters. The SMILES string of the molecule is Cc1csc(=O)n1CCC(=O)O[C@H](C)C(=O)Nc1nc(-c2ccc(F)c(F)c2)cs1. The molecule has 0 radical (unpaired) electrons. The molecule has 0 fully saturated rings. The molecule has 3 aromatic rings. The quantitative estimate of drug-likeness (QED) is 0.553. The van der Waals surface area contributed by atoms with Crippen LogP contribution in [-0.2, 0) is 20.9 Å². The van der Waals surface area contributed by atoms with Crippen molar-refractivity contribution in [1.82, 2.24) is 9.55 Å². The van der Waals surface area contributed by atoms with E-state index in [0.29, 0.717) is 11.3 Å². The van der Waals surface area contributed by atoms with Gasteiger partial charge in [-0.25, -0.2) is 13.8 Å². The van der Waals surface area contributed by atoms with Gasteiger partial charge >= 0.3 is 10.8 Å². The maximum Gasteiger partial charge on any atom is 0.308 e. The predicted octanol–water partition coefficient (Wildman–Crippen LogP) is 3.58. The minimum Gasteiger partial charge on any atom is -0.452 e. The molecule has 0 bridgehead atoms. The van der Waals surface area contributed by atoms with Crippen molar-refractivity contribution in [2.24, 2.45) is 0 Å². The molecule has 158 valence electrons. The number of carbonyl (C=O) groups is 2. The summed E-state index contributed by atoms with van der Waals surface area (Å²) in [7, 11) is 0. The van der Waals surface area contributed by atoms with E-state index in [1.54, 1.807) is 17.7 Å². The van der Waals surface area contributed by atoms with Gasteiger partial charge in [-0.15, -0.1) is 11.3 Å². The standard InChI is InChI=1S/C19H17F2N3O4S2/c1-10-8-30-19(27)24(10)6-5-16(25)28-11(2)17(26)23-18-22-15(9-29-18)12-3-4-13(20)14(21)7-12/h3-4,7-9,11H,5-6H2,1-2H3,(H,22,23,26)/t11-/m1/s1. The van der Waals surface area contributed by atoms with Gasteiger partial charge in [0.15, 0.2) is 22.9 Å². The molecule has 3 rings (SSSR count). The van der Waals surface area contributed by atoms with Crippen LogP contribution in [0, 0.1) is 18.6 Å². The van der Waals surface area contributed by atoms with Gasteiger partial charge in [0, 0.05) is 28.6 Å². The fourth-order valence-corrected chi connectivity index (χ4v) is 4.00. The topological polar surface area (TPSA) is 90.3 Å². The first kappa shape index (κ1) is 21.8. The van der Waals surface area contributed by atoms with Gasteiger partial charge in [-0.2, -0.15) is 0 Å². The van der Waals surface area contributed by atoms with E-state index in [9.17, 15) is 23.2 Å². The first-order chi connectivity index (χ1) is 14.2. The Hall–Kier alpha value is -2.92. The number of aromatic nitrogens is 2. The fourth-order valence-electron chi connectivity index (χ4n) is 2.51. The second kappa shape index (κ2) is 9.26. The lowest BCUT2D eigenvalue weighted by Gasteiger charge is -2.12. The molecular weight excluding hydrogens is 436 g/mol. The average Bonchev–Trinajstić information content (AvgIpc) is 3.29. The highest BCUT2D eigenvalue weighted by atomic mass is 32.1. The van der Waals surface area contributed by atoms with Gasteiger partial charge in [-0.1, -0.05) is 11.3 Å². The Kier molecular flexibility index (Phi) is 6.73. The maximum atomic E-state index is 13.4. The molecule has 7 nitrogen and oxygen atoms in total. The summed E-state index contributed by atoms with van der Waals surface area (Å²) in [5, 5.41) is 6.03. The van der Waals surface area contributed by atoms with E-state index in [2.05, 4.69) is 10.3 Å². The van der Waals surface area contributed by atoms with E-state index in [1.165, 1.54) is 17.6 Å². The smallest absolute Gasteiger partial charge is 0.308 e. The molecule has 0 saturated carbocycles. The number of carbonyl (C=O) groups excluding carboxylic acids is 2. The number of thiazole rings is 2. The summed E-state index contributed by atoms with van der Waals surface area (Å²) in [5.74, 6) is -3.15. The van der Waals surface area contributed by atoms with E-state index in [1.807, 2.05) is 0 Å². The Balaban J connectivity index is 1.54. The van der Waals surface area contributed by atoms with Crippen LogP contribution >= 0.6 is 22.7 Å². The van der Waals surface area contributed by atoms with Gasteiger partial charge in [0.05, 0.1) is 12.1 Å². The lowest BCUT2D eigenvalue weighted by Crippen LogP contribution is -2.30. The molecule has 1 aromatic carbocycles. The van der Waals surface area contributed by atoms with Gasteiger partial charge in [-0.05, 0) is 32.0 Å². The number of amides is 1. The maximum absolute atomic E-state index is 13.4. The number of halogens is 2. The van der Waals surface area contributed by atoms with Crippen molar-refractivity contribution in [2.75, 3.05) is 5.32 Å². The summed E-state index contributed by atoms with van der Waals surface area (Å²) in [6, 6.07) is 3.39. The average molecular weight is 453 g/mol. The minimum absolute atomic E-state index is 0.0490. The zero-order valence-corrected chi connectivity index (χ0v) is 17.6. The second-order valence-electron chi connectivity index (χ2n) is 6.33. The number of hydrogen-bond donors (Lipinski definition) is 1. The summed E-state index contributed by atoms with van der Waals surface area (Å²) < 4.78 is 33.0. The van der Waals surface area contributed by atoms with Crippen LogP contribution < -0.4 is 10.2 Å². The number of benzene rings is 1. The van der Waals surface area contributed by atoms with Gasteiger partial charge in [-0.3, -0.25) is 19.7 Å². The molecule has 0 aliphatic carbocycles. The lowest BCUT2D eigenvalue weighted by atomic mass is 10.2. The molecule has 0 aliphatic rings. The minimum atomic E-state index is -1.08. The largest absolute Gasteiger partial charge is 0.452 e. The Morgan fingerprint density at radius 3 is 2.67 bits per heavy atom. The Morgan fingerprint density at radius 2 is 2.00 bits per heavy atom. The van der Waals surface area contributed by atoms with Crippen LogP contribution in [-0.4, -0.2) is 27.5 Å². The number of ether oxygens (including phenoxy) is 1. The number of rotatable bonds is 7. The van der Waals surface area contributed by atoms with E-state index in [0.717, 1.165) is 40.5 Å². The zero-order chi connectivity index (χ0) is 21.8. The number of nitrogens with zero attached hydrogens (tertiary/aromatic N) is 2. The van der Waals surface area contributed by atoms with Crippen molar-refractivity contribution in [3.63, 3.8) is 0 Å². The van der Waals surface area contributed by atoms with Gasteiger partial charge in [0.2, 0.25) is 0 Å². The molecule has 0 aliphatic heterocycles. The molecule has 11 heteroatoms. The van der Waals surface area contributed by atoms with E-state index in [4.69, 9.17) is 4.74 Å². The first-order valence-corrected chi connectivity index (χ1v) is 10.6. The van der Waals surface area contributed by atoms with Gasteiger partial charge in [0.1, 0.15) is 0 Å². The predicted molar refractivity (Wildman–Crippen MR) is 110 cm³/mol. The highest BCUT2D eigenvalue weighted by molar-refractivity contribution is 7.14. The van der Waals surface area contributed by atoms with Crippen molar-refractivity contribution in [1.29, 1.82) is 0 Å². The van der Waals surface area contributed by atoms with Crippen molar-refractivity contribution in [3.05, 3.63) is 56.0 Å². The monoisotopic (exact) mass is 453 g/mol. The van der Waals surface area contributed by atoms with Crippen molar-refractivity contribution >= 4 is 39.7 Å². The number of aryl methyl sites for hydroxylation is 1. The molecule has 1 N–H and O–H groups in total. The summed E-state index contributed by atoms with van der Waals surface area (Å²) in [4.78, 5) is 39.9. The Bertz CT molecular complexity index is 1140. The van der Waals surface area contributed by atoms with Crippen LogP contribution in [0.5, 0.6) is 0 Å². The van der Waals surface area contributed by atoms with Crippen molar-refractivity contribution in [3.8, 4) is 11.3 Å². The highest BCUT2D eigenvalue weighted by Crippen LogP contribution is 2.26. The first-order valence-electron chi connectivity index (χ1n) is 8.81. The highest BCUT2D eigenvalue weighted by Gasteiger charge is 2.20. The molecule has 0 spiro atoms. The lowest BCUT2D eigenvalue weighted by molar-refractivity contribution is -0.153. The van der Waals surface area contributed by atoms with Gasteiger partial charge < -0.3 is 9.30 Å². The summed E-state index contributed by atoms with van der Waals surface area (Å²) in [6.07, 6.45) is -1.12.